The summed E-state index contributed by atoms with van der Waals surface area (Å²) in [6, 6.07) is 0. The molecule has 1 heterocycles. The molecule has 0 saturated heterocycles. The maximum Gasteiger partial charge on any atom is 0.0828 e. The molecule has 80 valence electrons. The SMILES string of the molecule is CC(C)(O)Cn1cc(CCCO)nn1. The Morgan fingerprint density at radius 3 is 2.79 bits per heavy atom. The Kier molecular flexibility index (Phi) is 3.60. The largest absolute Gasteiger partial charge is 0.396 e. The molecule has 0 aliphatic heterocycles. The monoisotopic (exact) mass is 199 g/mol. The van der Waals surface area contributed by atoms with Gasteiger partial charge in [-0.2, -0.15) is 0 Å². The van der Waals surface area contributed by atoms with E-state index >= 15 is 0 Å². The van der Waals surface area contributed by atoms with Gasteiger partial charge in [0.15, 0.2) is 0 Å². The smallest absolute Gasteiger partial charge is 0.0828 e. The third-order valence-electron chi connectivity index (χ3n) is 1.73. The molecule has 0 unspecified atom stereocenters. The summed E-state index contributed by atoms with van der Waals surface area (Å²) in [5.41, 5.74) is 0.0744. The number of rotatable bonds is 5. The second-order valence-electron chi connectivity index (χ2n) is 4.05. The van der Waals surface area contributed by atoms with E-state index in [-0.39, 0.29) is 6.61 Å². The van der Waals surface area contributed by atoms with Crippen molar-refractivity contribution >= 4 is 0 Å². The van der Waals surface area contributed by atoms with Gasteiger partial charge in [0.2, 0.25) is 0 Å². The van der Waals surface area contributed by atoms with Gasteiger partial charge in [0.25, 0.3) is 0 Å². The summed E-state index contributed by atoms with van der Waals surface area (Å²) in [5.74, 6) is 0. The highest BCUT2D eigenvalue weighted by atomic mass is 16.3. The van der Waals surface area contributed by atoms with Crippen molar-refractivity contribution in [1.82, 2.24) is 15.0 Å². The van der Waals surface area contributed by atoms with Gasteiger partial charge < -0.3 is 10.2 Å². The molecule has 0 saturated carbocycles. The van der Waals surface area contributed by atoms with Gasteiger partial charge in [-0.25, -0.2) is 4.68 Å². The van der Waals surface area contributed by atoms with Gasteiger partial charge in [0.05, 0.1) is 17.8 Å². The molecule has 5 heteroatoms. The van der Waals surface area contributed by atoms with Crippen molar-refractivity contribution in [1.29, 1.82) is 0 Å². The van der Waals surface area contributed by atoms with Crippen molar-refractivity contribution in [3.05, 3.63) is 11.9 Å². The molecule has 0 amide bonds. The highest BCUT2D eigenvalue weighted by Crippen LogP contribution is 2.05. The van der Waals surface area contributed by atoms with Crippen LogP contribution in [0.15, 0.2) is 6.20 Å². The van der Waals surface area contributed by atoms with Gasteiger partial charge in [-0.05, 0) is 26.7 Å². The van der Waals surface area contributed by atoms with Gasteiger partial charge in [-0.15, -0.1) is 5.10 Å². The van der Waals surface area contributed by atoms with Crippen molar-refractivity contribution in [2.75, 3.05) is 6.61 Å². The van der Waals surface area contributed by atoms with E-state index < -0.39 is 5.60 Å². The van der Waals surface area contributed by atoms with Crippen LogP contribution in [0, 0.1) is 0 Å². The number of aryl methyl sites for hydroxylation is 1. The molecular weight excluding hydrogens is 182 g/mol. The fourth-order valence-electron chi connectivity index (χ4n) is 1.19. The number of aromatic nitrogens is 3. The van der Waals surface area contributed by atoms with Gasteiger partial charge >= 0.3 is 0 Å². The lowest BCUT2D eigenvalue weighted by Gasteiger charge is -2.15. The lowest BCUT2D eigenvalue weighted by Crippen LogP contribution is -2.26. The van der Waals surface area contributed by atoms with E-state index in [9.17, 15) is 5.11 Å². The van der Waals surface area contributed by atoms with E-state index in [1.807, 2.05) is 0 Å². The van der Waals surface area contributed by atoms with Crippen molar-refractivity contribution in [3.63, 3.8) is 0 Å². The fourth-order valence-corrected chi connectivity index (χ4v) is 1.19. The predicted molar refractivity (Wildman–Crippen MR) is 51.7 cm³/mol. The van der Waals surface area contributed by atoms with E-state index in [1.165, 1.54) is 0 Å². The molecule has 0 fully saturated rings. The van der Waals surface area contributed by atoms with Crippen molar-refractivity contribution in [2.24, 2.45) is 0 Å². The minimum atomic E-state index is -0.776. The fraction of sp³-hybridized carbons (Fsp3) is 0.778. The van der Waals surface area contributed by atoms with Crippen LogP contribution in [0.25, 0.3) is 0 Å². The number of hydrogen-bond donors (Lipinski definition) is 2. The molecular formula is C9H17N3O2. The van der Waals surface area contributed by atoms with E-state index in [4.69, 9.17) is 5.11 Å². The average molecular weight is 199 g/mol. The quantitative estimate of drug-likeness (QED) is 0.698. The molecule has 0 aromatic carbocycles. The Hall–Kier alpha value is -0.940. The molecule has 0 aliphatic carbocycles. The highest BCUT2D eigenvalue weighted by molar-refractivity contribution is 4.92. The molecule has 14 heavy (non-hydrogen) atoms. The molecule has 1 aromatic heterocycles. The molecule has 0 bridgehead atoms. The standard InChI is InChI=1S/C9H17N3O2/c1-9(2,14)7-12-6-8(10-11-12)4-3-5-13/h6,13-14H,3-5,7H2,1-2H3. The second kappa shape index (κ2) is 4.52. The van der Waals surface area contributed by atoms with Crippen molar-refractivity contribution < 1.29 is 10.2 Å². The number of aliphatic hydroxyl groups is 2. The zero-order valence-corrected chi connectivity index (χ0v) is 8.64. The van der Waals surface area contributed by atoms with Gasteiger partial charge in [0.1, 0.15) is 0 Å². The summed E-state index contributed by atoms with van der Waals surface area (Å²) >= 11 is 0. The summed E-state index contributed by atoms with van der Waals surface area (Å²) in [5, 5.41) is 26.0. The first kappa shape index (κ1) is 11.1. The molecule has 1 aromatic rings. The third-order valence-corrected chi connectivity index (χ3v) is 1.73. The summed E-state index contributed by atoms with van der Waals surface area (Å²) in [6.07, 6.45) is 3.22. The maximum atomic E-state index is 9.53. The summed E-state index contributed by atoms with van der Waals surface area (Å²) in [6.45, 7) is 4.04. The van der Waals surface area contributed by atoms with E-state index in [0.717, 1.165) is 12.1 Å². The predicted octanol–water partition coefficient (Wildman–Crippen LogP) is -0.0261. The number of aliphatic hydroxyl groups excluding tert-OH is 1. The van der Waals surface area contributed by atoms with Crippen LogP contribution in [0.4, 0.5) is 0 Å². The first-order valence-corrected chi connectivity index (χ1v) is 4.73. The highest BCUT2D eigenvalue weighted by Gasteiger charge is 2.14. The van der Waals surface area contributed by atoms with E-state index in [0.29, 0.717) is 13.0 Å². The lowest BCUT2D eigenvalue weighted by molar-refractivity contribution is 0.0571. The van der Waals surface area contributed by atoms with Crippen LogP contribution in [0.2, 0.25) is 0 Å². The van der Waals surface area contributed by atoms with Crippen LogP contribution in [0.3, 0.4) is 0 Å². The summed E-state index contributed by atoms with van der Waals surface area (Å²) in [4.78, 5) is 0. The van der Waals surface area contributed by atoms with E-state index in [2.05, 4.69) is 10.3 Å². The summed E-state index contributed by atoms with van der Waals surface area (Å²) < 4.78 is 1.62. The normalized spacial score (nSPS) is 12.0. The molecule has 2 N–H and O–H groups in total. The van der Waals surface area contributed by atoms with E-state index in [1.54, 1.807) is 24.7 Å². The molecule has 0 atom stereocenters. The molecule has 1 rings (SSSR count). The Labute approximate surface area is 83.4 Å². The molecule has 0 radical (unpaired) electrons. The minimum Gasteiger partial charge on any atom is -0.396 e. The van der Waals surface area contributed by atoms with Crippen LogP contribution in [0.5, 0.6) is 0 Å². The third kappa shape index (κ3) is 3.85. The second-order valence-corrected chi connectivity index (χ2v) is 4.05. The van der Waals surface area contributed by atoms with Crippen molar-refractivity contribution in [2.45, 2.75) is 38.8 Å². The van der Waals surface area contributed by atoms with Gasteiger partial charge in [-0.1, -0.05) is 5.21 Å². The van der Waals surface area contributed by atoms with Crippen molar-refractivity contribution in [3.8, 4) is 0 Å². The Morgan fingerprint density at radius 1 is 1.50 bits per heavy atom. The Balaban J connectivity index is 2.51. The van der Waals surface area contributed by atoms with Crippen LogP contribution in [-0.4, -0.2) is 37.4 Å². The first-order chi connectivity index (χ1) is 6.51. The molecule has 5 nitrogen and oxygen atoms in total. The maximum absolute atomic E-state index is 9.53. The minimum absolute atomic E-state index is 0.165. The zero-order valence-electron chi connectivity index (χ0n) is 8.64. The lowest BCUT2D eigenvalue weighted by atomic mass is 10.1. The topological polar surface area (TPSA) is 71.2 Å². The van der Waals surface area contributed by atoms with Gasteiger partial charge in [-0.3, -0.25) is 0 Å². The first-order valence-electron chi connectivity index (χ1n) is 4.73. The Bertz CT molecular complexity index is 278. The van der Waals surface area contributed by atoms with Gasteiger partial charge in [0, 0.05) is 12.8 Å². The summed E-state index contributed by atoms with van der Waals surface area (Å²) in [7, 11) is 0. The average Bonchev–Trinajstić information content (AvgIpc) is 2.46. The van der Waals surface area contributed by atoms with Crippen LogP contribution in [-0.2, 0) is 13.0 Å². The molecule has 0 spiro atoms. The Morgan fingerprint density at radius 2 is 2.21 bits per heavy atom. The van der Waals surface area contributed by atoms with Crippen LogP contribution < -0.4 is 0 Å². The number of hydrogen-bond acceptors (Lipinski definition) is 4. The molecule has 0 aliphatic rings. The van der Waals surface area contributed by atoms with Crippen LogP contribution >= 0.6 is 0 Å². The zero-order chi connectivity index (χ0) is 10.6. The van der Waals surface area contributed by atoms with Crippen LogP contribution in [0.1, 0.15) is 26.0 Å². The number of nitrogens with zero attached hydrogens (tertiary/aromatic N) is 3.